The Labute approximate surface area is 223 Å². The number of rotatable bonds is 13. The van der Waals surface area contributed by atoms with E-state index in [2.05, 4.69) is 18.7 Å². The lowest BCUT2D eigenvalue weighted by Crippen LogP contribution is -2.50. The number of carboxylic acids is 1. The number of hydrogen-bond acceptors (Lipinski definition) is 6. The van der Waals surface area contributed by atoms with Crippen LogP contribution in [0, 0.1) is 11.7 Å². The van der Waals surface area contributed by atoms with Gasteiger partial charge in [0.1, 0.15) is 11.7 Å². The summed E-state index contributed by atoms with van der Waals surface area (Å²) in [5.74, 6) is -2.76. The standard InChI is InChI=1S/C30H37FN2O5/c1-4-6-13-32(14-7-5-2)27(19-34)33-18-23(20-8-10-25-21(16-20)12-15-38-25)28(30(35)36)29(33)22-9-11-26(37-3)24(31)17-22/h8-12,15-17,19,23,27-29H,4-7,13-14,18H2,1-3H3,(H,35,36). The van der Waals surface area contributed by atoms with Gasteiger partial charge in [-0.15, -0.1) is 0 Å². The summed E-state index contributed by atoms with van der Waals surface area (Å²) < 4.78 is 25.5. The fourth-order valence-corrected chi connectivity index (χ4v) is 5.73. The summed E-state index contributed by atoms with van der Waals surface area (Å²) in [5.41, 5.74) is 2.09. The molecule has 0 spiro atoms. The van der Waals surface area contributed by atoms with Crippen molar-refractivity contribution in [2.45, 2.75) is 57.7 Å². The van der Waals surface area contributed by atoms with Gasteiger partial charge in [-0.1, -0.05) is 38.8 Å². The Balaban J connectivity index is 1.82. The first-order chi connectivity index (χ1) is 18.4. The number of carboxylic acid groups (broad SMARTS) is 1. The third kappa shape index (κ3) is 5.61. The second kappa shape index (κ2) is 12.5. The van der Waals surface area contributed by atoms with E-state index >= 15 is 0 Å². The number of methoxy groups -OCH3 is 1. The highest BCUT2D eigenvalue weighted by Gasteiger charge is 2.50. The van der Waals surface area contributed by atoms with Crippen molar-refractivity contribution in [3.8, 4) is 5.75 Å². The number of nitrogens with zero attached hydrogens (tertiary/aromatic N) is 2. The zero-order valence-corrected chi connectivity index (χ0v) is 22.3. The number of carbonyl (C=O) groups is 2. The Morgan fingerprint density at radius 3 is 2.47 bits per heavy atom. The van der Waals surface area contributed by atoms with Gasteiger partial charge in [-0.05, 0) is 54.3 Å². The SMILES string of the molecule is CCCCN(CCCC)C(C=O)N1CC(c2ccc3occc3c2)C(C(=O)O)C1c1ccc(OC)c(F)c1. The average molecular weight is 525 g/mol. The van der Waals surface area contributed by atoms with Gasteiger partial charge in [0.25, 0.3) is 0 Å². The predicted molar refractivity (Wildman–Crippen MR) is 144 cm³/mol. The monoisotopic (exact) mass is 524 g/mol. The molecule has 0 saturated carbocycles. The van der Waals surface area contributed by atoms with E-state index in [-0.39, 0.29) is 5.75 Å². The molecule has 1 aromatic heterocycles. The molecule has 4 rings (SSSR count). The number of fused-ring (bicyclic) bond motifs is 1. The van der Waals surface area contributed by atoms with E-state index < -0.39 is 35.8 Å². The first kappa shape index (κ1) is 27.8. The van der Waals surface area contributed by atoms with Crippen LogP contribution in [0.3, 0.4) is 0 Å². The quantitative estimate of drug-likeness (QED) is 0.281. The van der Waals surface area contributed by atoms with Crippen molar-refractivity contribution in [2.75, 3.05) is 26.7 Å². The average Bonchev–Trinajstić information content (AvgIpc) is 3.55. The fraction of sp³-hybridized carbons (Fsp3) is 0.467. The lowest BCUT2D eigenvalue weighted by molar-refractivity contribution is -0.144. The molecule has 4 atom stereocenters. The van der Waals surface area contributed by atoms with Crippen LogP contribution in [0.25, 0.3) is 11.0 Å². The lowest BCUT2D eigenvalue weighted by Gasteiger charge is -2.38. The summed E-state index contributed by atoms with van der Waals surface area (Å²) >= 11 is 0. The van der Waals surface area contributed by atoms with Gasteiger partial charge < -0.3 is 19.1 Å². The van der Waals surface area contributed by atoms with E-state index in [9.17, 15) is 19.1 Å². The van der Waals surface area contributed by atoms with Crippen LogP contribution in [0.15, 0.2) is 53.1 Å². The third-order valence-corrected chi connectivity index (χ3v) is 7.68. The summed E-state index contributed by atoms with van der Waals surface area (Å²) in [4.78, 5) is 29.7. The lowest BCUT2D eigenvalue weighted by atomic mass is 9.82. The van der Waals surface area contributed by atoms with Crippen LogP contribution in [-0.2, 0) is 9.59 Å². The van der Waals surface area contributed by atoms with Crippen LogP contribution in [-0.4, -0.2) is 60.1 Å². The number of benzene rings is 2. The molecule has 0 bridgehead atoms. The molecule has 1 saturated heterocycles. The van der Waals surface area contributed by atoms with Crippen LogP contribution in [0.2, 0.25) is 0 Å². The molecule has 2 aromatic carbocycles. The van der Waals surface area contributed by atoms with E-state index in [0.717, 1.165) is 61.6 Å². The molecule has 2 heterocycles. The molecule has 1 N–H and O–H groups in total. The van der Waals surface area contributed by atoms with E-state index in [1.807, 2.05) is 29.2 Å². The summed E-state index contributed by atoms with van der Waals surface area (Å²) in [6.07, 6.45) is 5.69. The highest BCUT2D eigenvalue weighted by atomic mass is 19.1. The zero-order chi connectivity index (χ0) is 27.2. The Hall–Kier alpha value is -3.23. The van der Waals surface area contributed by atoms with E-state index in [0.29, 0.717) is 12.1 Å². The van der Waals surface area contributed by atoms with Crippen molar-refractivity contribution < 1.29 is 28.2 Å². The number of likely N-dealkylation sites (tertiary alicyclic amines) is 1. The first-order valence-corrected chi connectivity index (χ1v) is 13.4. The van der Waals surface area contributed by atoms with Crippen LogP contribution in [0.4, 0.5) is 4.39 Å². The number of aldehydes is 1. The molecule has 38 heavy (non-hydrogen) atoms. The number of halogens is 1. The summed E-state index contributed by atoms with van der Waals surface area (Å²) in [5, 5.41) is 11.4. The normalized spacial score (nSPS) is 20.7. The van der Waals surface area contributed by atoms with E-state index in [1.54, 1.807) is 12.3 Å². The minimum Gasteiger partial charge on any atom is -0.494 e. The number of hydrogen-bond donors (Lipinski definition) is 1. The molecular formula is C30H37FN2O5. The molecule has 4 unspecified atom stereocenters. The maximum Gasteiger partial charge on any atom is 0.309 e. The Bertz CT molecular complexity index is 1240. The summed E-state index contributed by atoms with van der Waals surface area (Å²) in [6.45, 7) is 6.01. The Kier molecular flexibility index (Phi) is 9.17. The minimum absolute atomic E-state index is 0.0894. The van der Waals surface area contributed by atoms with Gasteiger partial charge in [0, 0.05) is 30.9 Å². The molecule has 204 valence electrons. The fourth-order valence-electron chi connectivity index (χ4n) is 5.73. The van der Waals surface area contributed by atoms with Gasteiger partial charge in [-0.25, -0.2) is 4.39 Å². The van der Waals surface area contributed by atoms with Gasteiger partial charge in [0.15, 0.2) is 17.9 Å². The van der Waals surface area contributed by atoms with Crippen molar-refractivity contribution in [3.63, 3.8) is 0 Å². The van der Waals surface area contributed by atoms with E-state index in [1.165, 1.54) is 19.2 Å². The van der Waals surface area contributed by atoms with E-state index in [4.69, 9.17) is 9.15 Å². The van der Waals surface area contributed by atoms with Gasteiger partial charge in [0.2, 0.25) is 0 Å². The Morgan fingerprint density at radius 2 is 1.87 bits per heavy atom. The molecule has 0 aliphatic carbocycles. The molecule has 1 aliphatic rings. The third-order valence-electron chi connectivity index (χ3n) is 7.68. The topological polar surface area (TPSA) is 83.2 Å². The van der Waals surface area contributed by atoms with Gasteiger partial charge in [-0.2, -0.15) is 0 Å². The molecule has 1 fully saturated rings. The van der Waals surface area contributed by atoms with Crippen molar-refractivity contribution in [2.24, 2.45) is 5.92 Å². The van der Waals surface area contributed by atoms with Gasteiger partial charge >= 0.3 is 5.97 Å². The second-order valence-corrected chi connectivity index (χ2v) is 10.0. The summed E-state index contributed by atoms with van der Waals surface area (Å²) in [6, 6.07) is 11.4. The first-order valence-electron chi connectivity index (χ1n) is 13.4. The van der Waals surface area contributed by atoms with Gasteiger partial charge in [-0.3, -0.25) is 14.6 Å². The zero-order valence-electron chi connectivity index (χ0n) is 22.3. The molecule has 0 radical (unpaired) electrons. The maximum absolute atomic E-state index is 14.9. The highest BCUT2D eigenvalue weighted by molar-refractivity contribution is 5.79. The second-order valence-electron chi connectivity index (χ2n) is 10.0. The number of carbonyl (C=O) groups excluding carboxylic acids is 1. The minimum atomic E-state index is -0.982. The van der Waals surface area contributed by atoms with Crippen molar-refractivity contribution in [3.05, 3.63) is 65.7 Å². The van der Waals surface area contributed by atoms with Gasteiger partial charge in [0.05, 0.1) is 25.3 Å². The predicted octanol–water partition coefficient (Wildman–Crippen LogP) is 5.85. The van der Waals surface area contributed by atoms with Crippen molar-refractivity contribution >= 4 is 23.2 Å². The number of furan rings is 1. The van der Waals surface area contributed by atoms with Crippen LogP contribution < -0.4 is 4.74 Å². The van der Waals surface area contributed by atoms with Crippen LogP contribution >= 0.6 is 0 Å². The molecule has 7 nitrogen and oxygen atoms in total. The largest absolute Gasteiger partial charge is 0.494 e. The summed E-state index contributed by atoms with van der Waals surface area (Å²) in [7, 11) is 1.39. The number of ether oxygens (including phenoxy) is 1. The molecule has 8 heteroatoms. The molecule has 0 amide bonds. The number of unbranched alkanes of at least 4 members (excludes halogenated alkanes) is 2. The smallest absolute Gasteiger partial charge is 0.309 e. The van der Waals surface area contributed by atoms with Crippen molar-refractivity contribution in [1.82, 2.24) is 9.80 Å². The van der Waals surface area contributed by atoms with Crippen LogP contribution in [0.5, 0.6) is 5.75 Å². The maximum atomic E-state index is 14.9. The number of aliphatic carboxylic acids is 1. The van der Waals surface area contributed by atoms with Crippen LogP contribution in [0.1, 0.15) is 62.6 Å². The molecule has 1 aliphatic heterocycles. The molecule has 3 aromatic rings. The highest BCUT2D eigenvalue weighted by Crippen LogP contribution is 2.48. The molecular weight excluding hydrogens is 487 g/mol. The van der Waals surface area contributed by atoms with Crippen molar-refractivity contribution in [1.29, 1.82) is 0 Å². The Morgan fingerprint density at radius 1 is 1.16 bits per heavy atom.